The summed E-state index contributed by atoms with van der Waals surface area (Å²) >= 11 is 6.51. The summed E-state index contributed by atoms with van der Waals surface area (Å²) in [4.78, 5) is 13.6. The third-order valence-electron chi connectivity index (χ3n) is 6.52. The Labute approximate surface area is 176 Å². The second-order valence-electron chi connectivity index (χ2n) is 8.65. The molecule has 2 aliphatic rings. The second-order valence-corrected chi connectivity index (χ2v) is 9.05. The van der Waals surface area contributed by atoms with Gasteiger partial charge in [0.2, 0.25) is 0 Å². The van der Waals surface area contributed by atoms with Crippen LogP contribution in [0.25, 0.3) is 11.3 Å². The first-order valence-electron chi connectivity index (χ1n) is 10.7. The van der Waals surface area contributed by atoms with Gasteiger partial charge in [0.05, 0.1) is 23.2 Å². The van der Waals surface area contributed by atoms with E-state index in [9.17, 15) is 0 Å². The van der Waals surface area contributed by atoms with E-state index >= 15 is 0 Å². The number of halogens is 1. The molecule has 5 rings (SSSR count). The van der Waals surface area contributed by atoms with E-state index in [2.05, 4.69) is 25.8 Å². The number of imidazole rings is 1. The Morgan fingerprint density at radius 2 is 1.79 bits per heavy atom. The normalized spacial score (nSPS) is 22.1. The maximum atomic E-state index is 6.51. The molecule has 0 spiro atoms. The number of hydrogen-bond donors (Lipinski definition) is 0. The minimum Gasteiger partial charge on any atom is -0.334 e. The van der Waals surface area contributed by atoms with Crippen molar-refractivity contribution in [3.05, 3.63) is 47.7 Å². The standard InChI is InChI=1S/C22H27ClN6/c1-28-20(10-15-2-3-15)18(12-26-28)22-19(23)13-25-21(27-22)11-16-4-6-17(7-5-16)29-9-8-24-14-29/h8-9,12-17H,2-7,10-11H2,1H3. The summed E-state index contributed by atoms with van der Waals surface area (Å²) in [7, 11) is 2.01. The van der Waals surface area contributed by atoms with Crippen LogP contribution in [0.1, 0.15) is 56.1 Å². The van der Waals surface area contributed by atoms with Crippen LogP contribution in [-0.2, 0) is 19.9 Å². The maximum absolute atomic E-state index is 6.51. The predicted molar refractivity (Wildman–Crippen MR) is 113 cm³/mol. The van der Waals surface area contributed by atoms with Crippen LogP contribution in [0, 0.1) is 11.8 Å². The van der Waals surface area contributed by atoms with Crippen molar-refractivity contribution in [1.29, 1.82) is 0 Å². The first-order valence-corrected chi connectivity index (χ1v) is 11.0. The van der Waals surface area contributed by atoms with Gasteiger partial charge in [-0.2, -0.15) is 5.10 Å². The van der Waals surface area contributed by atoms with Crippen LogP contribution in [0.2, 0.25) is 5.02 Å². The van der Waals surface area contributed by atoms with E-state index in [1.54, 1.807) is 6.20 Å². The highest BCUT2D eigenvalue weighted by Gasteiger charge is 2.27. The van der Waals surface area contributed by atoms with Crippen molar-refractivity contribution < 1.29 is 0 Å². The zero-order valence-corrected chi connectivity index (χ0v) is 17.6. The van der Waals surface area contributed by atoms with Crippen molar-refractivity contribution in [1.82, 2.24) is 29.3 Å². The van der Waals surface area contributed by atoms with Gasteiger partial charge < -0.3 is 4.57 Å². The molecule has 2 fully saturated rings. The van der Waals surface area contributed by atoms with Crippen LogP contribution in [-0.4, -0.2) is 29.3 Å². The lowest BCUT2D eigenvalue weighted by Crippen LogP contribution is -2.19. The molecule has 0 radical (unpaired) electrons. The fourth-order valence-electron chi connectivity index (χ4n) is 4.58. The monoisotopic (exact) mass is 410 g/mol. The molecule has 152 valence electrons. The molecule has 0 bridgehead atoms. The summed E-state index contributed by atoms with van der Waals surface area (Å²) < 4.78 is 4.22. The molecule has 29 heavy (non-hydrogen) atoms. The number of aromatic nitrogens is 6. The highest BCUT2D eigenvalue weighted by Crippen LogP contribution is 2.37. The average molecular weight is 411 g/mol. The highest BCUT2D eigenvalue weighted by molar-refractivity contribution is 6.32. The molecular formula is C22H27ClN6. The van der Waals surface area contributed by atoms with Gasteiger partial charge in [-0.3, -0.25) is 4.68 Å². The lowest BCUT2D eigenvalue weighted by molar-refractivity contribution is 0.271. The molecule has 0 amide bonds. The smallest absolute Gasteiger partial charge is 0.129 e. The Morgan fingerprint density at radius 1 is 1.03 bits per heavy atom. The van der Waals surface area contributed by atoms with Crippen LogP contribution in [0.4, 0.5) is 0 Å². The maximum Gasteiger partial charge on any atom is 0.129 e. The Hall–Kier alpha value is -2.21. The van der Waals surface area contributed by atoms with Gasteiger partial charge in [-0.1, -0.05) is 11.6 Å². The van der Waals surface area contributed by atoms with Gasteiger partial charge in [0.15, 0.2) is 0 Å². The number of rotatable bonds is 6. The Bertz CT molecular complexity index is 967. The Kier molecular flexibility index (Phi) is 5.12. The molecule has 2 saturated carbocycles. The third-order valence-corrected chi connectivity index (χ3v) is 6.80. The van der Waals surface area contributed by atoms with Crippen LogP contribution in [0.3, 0.4) is 0 Å². The molecule has 0 aromatic carbocycles. The topological polar surface area (TPSA) is 61.4 Å². The number of nitrogens with zero attached hydrogens (tertiary/aromatic N) is 6. The van der Waals surface area contributed by atoms with Crippen molar-refractivity contribution >= 4 is 11.6 Å². The predicted octanol–water partition coefficient (Wildman–Crippen LogP) is 4.65. The van der Waals surface area contributed by atoms with Gasteiger partial charge in [0, 0.05) is 49.4 Å². The molecule has 0 unspecified atom stereocenters. The van der Waals surface area contributed by atoms with Crippen molar-refractivity contribution in [2.24, 2.45) is 18.9 Å². The fraction of sp³-hybridized carbons (Fsp3) is 0.545. The number of hydrogen-bond acceptors (Lipinski definition) is 4. The van der Waals surface area contributed by atoms with E-state index < -0.39 is 0 Å². The summed E-state index contributed by atoms with van der Waals surface area (Å²) in [5, 5.41) is 5.10. The fourth-order valence-corrected chi connectivity index (χ4v) is 4.77. The van der Waals surface area contributed by atoms with Crippen molar-refractivity contribution in [2.75, 3.05) is 0 Å². The van der Waals surface area contributed by atoms with Crippen LogP contribution >= 0.6 is 11.6 Å². The zero-order valence-electron chi connectivity index (χ0n) is 16.8. The van der Waals surface area contributed by atoms with Crippen LogP contribution in [0.15, 0.2) is 31.1 Å². The van der Waals surface area contributed by atoms with Gasteiger partial charge in [-0.05, 0) is 56.8 Å². The Morgan fingerprint density at radius 3 is 2.52 bits per heavy atom. The lowest BCUT2D eigenvalue weighted by Gasteiger charge is -2.29. The van der Waals surface area contributed by atoms with E-state index in [0.29, 0.717) is 17.0 Å². The minimum atomic E-state index is 0.579. The van der Waals surface area contributed by atoms with E-state index in [1.165, 1.54) is 44.2 Å². The lowest BCUT2D eigenvalue weighted by atomic mass is 9.84. The van der Waals surface area contributed by atoms with Crippen molar-refractivity contribution in [2.45, 2.75) is 57.4 Å². The molecule has 6 nitrogen and oxygen atoms in total. The van der Waals surface area contributed by atoms with Gasteiger partial charge in [-0.25, -0.2) is 15.0 Å². The first kappa shape index (κ1) is 18.8. The summed E-state index contributed by atoms with van der Waals surface area (Å²) in [5.41, 5.74) is 3.14. The summed E-state index contributed by atoms with van der Waals surface area (Å²) in [6.07, 6.45) is 18.9. The molecule has 0 N–H and O–H groups in total. The van der Waals surface area contributed by atoms with Crippen LogP contribution < -0.4 is 0 Å². The second kappa shape index (κ2) is 7.90. The van der Waals surface area contributed by atoms with Gasteiger partial charge in [0.25, 0.3) is 0 Å². The minimum absolute atomic E-state index is 0.579. The highest BCUT2D eigenvalue weighted by atomic mass is 35.5. The molecule has 3 heterocycles. The van der Waals surface area contributed by atoms with E-state index in [1.807, 2.05) is 30.5 Å². The molecule has 3 aromatic heterocycles. The molecule has 2 aliphatic carbocycles. The average Bonchev–Trinajstić information content (AvgIpc) is 3.24. The SMILES string of the molecule is Cn1ncc(-c2nc(CC3CCC(n4ccnc4)CC3)ncc2Cl)c1CC1CC1. The third kappa shape index (κ3) is 4.08. The molecule has 0 aliphatic heterocycles. The molecule has 0 saturated heterocycles. The zero-order chi connectivity index (χ0) is 19.8. The quantitative estimate of drug-likeness (QED) is 0.593. The van der Waals surface area contributed by atoms with Crippen LogP contribution in [0.5, 0.6) is 0 Å². The molecule has 7 heteroatoms. The van der Waals surface area contributed by atoms with E-state index in [4.69, 9.17) is 16.6 Å². The molecular weight excluding hydrogens is 384 g/mol. The summed E-state index contributed by atoms with van der Waals surface area (Å²) in [5.74, 6) is 2.32. The summed E-state index contributed by atoms with van der Waals surface area (Å²) in [6.45, 7) is 0. The first-order chi connectivity index (χ1) is 14.2. The van der Waals surface area contributed by atoms with Crippen molar-refractivity contribution in [3.63, 3.8) is 0 Å². The van der Waals surface area contributed by atoms with Crippen molar-refractivity contribution in [3.8, 4) is 11.3 Å². The largest absolute Gasteiger partial charge is 0.334 e. The van der Waals surface area contributed by atoms with Gasteiger partial charge in [-0.15, -0.1) is 0 Å². The number of aryl methyl sites for hydroxylation is 1. The van der Waals surface area contributed by atoms with E-state index in [0.717, 1.165) is 35.8 Å². The van der Waals surface area contributed by atoms with Gasteiger partial charge >= 0.3 is 0 Å². The Balaban J connectivity index is 1.30. The molecule has 3 aromatic rings. The van der Waals surface area contributed by atoms with E-state index in [-0.39, 0.29) is 0 Å². The molecule has 0 atom stereocenters. The van der Waals surface area contributed by atoms with Gasteiger partial charge in [0.1, 0.15) is 5.82 Å². The summed E-state index contributed by atoms with van der Waals surface area (Å²) in [6, 6.07) is 0.579.